The van der Waals surface area contributed by atoms with E-state index in [-0.39, 0.29) is 12.5 Å². The molecule has 1 aromatic heterocycles. The lowest BCUT2D eigenvalue weighted by atomic mass is 10.0. The van der Waals surface area contributed by atoms with Gasteiger partial charge in [-0.1, -0.05) is 18.2 Å². The number of ether oxygens (including phenoxy) is 1. The molecule has 0 aliphatic rings. The lowest BCUT2D eigenvalue weighted by Crippen LogP contribution is -2.40. The van der Waals surface area contributed by atoms with Crippen molar-refractivity contribution in [1.29, 1.82) is 0 Å². The van der Waals surface area contributed by atoms with Gasteiger partial charge in [0.1, 0.15) is 11.9 Å². The summed E-state index contributed by atoms with van der Waals surface area (Å²) < 4.78 is 5.25. The fourth-order valence-electron chi connectivity index (χ4n) is 2.35. The number of carbonyl (C=O) groups excluding carboxylic acids is 2. The van der Waals surface area contributed by atoms with Gasteiger partial charge in [-0.05, 0) is 38.8 Å². The molecular formula is C17H22N2O3. The van der Waals surface area contributed by atoms with Crippen molar-refractivity contribution in [3.05, 3.63) is 36.0 Å². The van der Waals surface area contributed by atoms with Crippen LogP contribution in [0.25, 0.3) is 10.9 Å². The minimum Gasteiger partial charge on any atom is -0.444 e. The standard InChI is InChI=1S/C17H22N2O3/c1-17(2,3)22-16(21)19-13(8-9-20)10-12-11-18-15-7-5-4-6-14(12)15/h4-7,9,11,13,18H,8,10H2,1-3H3,(H,19,21)/t13-/m1/s1. The minimum atomic E-state index is -0.559. The molecular weight excluding hydrogens is 280 g/mol. The Hall–Kier alpha value is -2.30. The molecule has 1 heterocycles. The van der Waals surface area contributed by atoms with Crippen LogP contribution in [0.15, 0.2) is 30.5 Å². The normalized spacial score (nSPS) is 12.9. The summed E-state index contributed by atoms with van der Waals surface area (Å²) in [5.74, 6) is 0. The molecule has 2 aromatic rings. The van der Waals surface area contributed by atoms with Gasteiger partial charge in [0.15, 0.2) is 0 Å². The number of alkyl carbamates (subject to hydrolysis) is 1. The first-order valence-electron chi connectivity index (χ1n) is 7.37. The van der Waals surface area contributed by atoms with Gasteiger partial charge in [0.05, 0.1) is 0 Å². The molecule has 118 valence electrons. The zero-order valence-electron chi connectivity index (χ0n) is 13.2. The number of aromatic amines is 1. The SMILES string of the molecule is CC(C)(C)OC(=O)N[C@H](CC=O)Cc1c[nH]c2ccccc12. The Kier molecular flexibility index (Phi) is 4.85. The molecule has 2 N–H and O–H groups in total. The summed E-state index contributed by atoms with van der Waals surface area (Å²) in [5, 5.41) is 3.87. The first kappa shape index (κ1) is 16.1. The largest absolute Gasteiger partial charge is 0.444 e. The van der Waals surface area contributed by atoms with Gasteiger partial charge in [-0.25, -0.2) is 4.79 Å². The molecule has 0 unspecified atom stereocenters. The lowest BCUT2D eigenvalue weighted by Gasteiger charge is -2.22. The predicted octanol–water partition coefficient (Wildman–Crippen LogP) is 3.19. The highest BCUT2D eigenvalue weighted by molar-refractivity contribution is 5.83. The van der Waals surface area contributed by atoms with Crippen molar-refractivity contribution in [2.75, 3.05) is 0 Å². The molecule has 0 aliphatic heterocycles. The number of hydrogen-bond donors (Lipinski definition) is 2. The average molecular weight is 302 g/mol. The number of fused-ring (bicyclic) bond motifs is 1. The van der Waals surface area contributed by atoms with Gasteiger partial charge < -0.3 is 19.8 Å². The number of hydrogen-bond acceptors (Lipinski definition) is 3. The maximum atomic E-state index is 11.9. The Balaban J connectivity index is 2.08. The van der Waals surface area contributed by atoms with Crippen molar-refractivity contribution in [2.45, 2.75) is 45.3 Å². The zero-order valence-corrected chi connectivity index (χ0v) is 13.2. The Morgan fingerprint density at radius 3 is 2.77 bits per heavy atom. The molecule has 0 bridgehead atoms. The number of para-hydroxylation sites is 1. The van der Waals surface area contributed by atoms with Crippen molar-refractivity contribution in [1.82, 2.24) is 10.3 Å². The van der Waals surface area contributed by atoms with Crippen LogP contribution in [0.5, 0.6) is 0 Å². The second-order valence-corrected chi connectivity index (χ2v) is 6.31. The Morgan fingerprint density at radius 1 is 1.36 bits per heavy atom. The van der Waals surface area contributed by atoms with Crippen molar-refractivity contribution in [3.63, 3.8) is 0 Å². The maximum Gasteiger partial charge on any atom is 0.407 e. The third-order valence-corrected chi connectivity index (χ3v) is 3.24. The van der Waals surface area contributed by atoms with Crippen molar-refractivity contribution in [2.24, 2.45) is 0 Å². The molecule has 0 radical (unpaired) electrons. The van der Waals surface area contributed by atoms with Gasteiger partial charge >= 0.3 is 6.09 Å². The summed E-state index contributed by atoms with van der Waals surface area (Å²) in [6.45, 7) is 5.42. The van der Waals surface area contributed by atoms with E-state index in [1.165, 1.54) is 0 Å². The van der Waals surface area contributed by atoms with Gasteiger partial charge in [0.2, 0.25) is 0 Å². The Bertz CT molecular complexity index is 655. The van der Waals surface area contributed by atoms with E-state index in [9.17, 15) is 9.59 Å². The monoisotopic (exact) mass is 302 g/mol. The second kappa shape index (κ2) is 6.64. The summed E-state index contributed by atoms with van der Waals surface area (Å²) >= 11 is 0. The number of carbonyl (C=O) groups is 2. The summed E-state index contributed by atoms with van der Waals surface area (Å²) in [6.07, 6.45) is 3.05. The fourth-order valence-corrected chi connectivity index (χ4v) is 2.35. The first-order valence-corrected chi connectivity index (χ1v) is 7.37. The lowest BCUT2D eigenvalue weighted by molar-refractivity contribution is -0.108. The van der Waals surface area contributed by atoms with E-state index in [0.717, 1.165) is 22.8 Å². The fraction of sp³-hybridized carbons (Fsp3) is 0.412. The molecule has 0 saturated carbocycles. The van der Waals surface area contributed by atoms with Crippen LogP contribution in [0.2, 0.25) is 0 Å². The third kappa shape index (κ3) is 4.35. The number of aldehydes is 1. The molecule has 1 amide bonds. The molecule has 0 spiro atoms. The smallest absolute Gasteiger partial charge is 0.407 e. The maximum absolute atomic E-state index is 11.9. The molecule has 2 rings (SSSR count). The van der Waals surface area contributed by atoms with Gasteiger partial charge in [0, 0.05) is 29.6 Å². The second-order valence-electron chi connectivity index (χ2n) is 6.31. The van der Waals surface area contributed by atoms with E-state index in [4.69, 9.17) is 4.74 Å². The van der Waals surface area contributed by atoms with Crippen molar-refractivity contribution in [3.8, 4) is 0 Å². The Morgan fingerprint density at radius 2 is 2.09 bits per heavy atom. The number of H-pyrrole nitrogens is 1. The van der Waals surface area contributed by atoms with E-state index >= 15 is 0 Å². The number of amides is 1. The molecule has 1 atom stereocenters. The van der Waals surface area contributed by atoms with Crippen LogP contribution in [-0.4, -0.2) is 29.0 Å². The van der Waals surface area contributed by atoms with Gasteiger partial charge in [0.25, 0.3) is 0 Å². The van der Waals surface area contributed by atoms with Gasteiger partial charge in [-0.15, -0.1) is 0 Å². The summed E-state index contributed by atoms with van der Waals surface area (Å²) in [4.78, 5) is 25.9. The highest BCUT2D eigenvalue weighted by atomic mass is 16.6. The van der Waals surface area contributed by atoms with Crippen molar-refractivity contribution >= 4 is 23.3 Å². The van der Waals surface area contributed by atoms with Gasteiger partial charge in [-0.3, -0.25) is 0 Å². The quantitative estimate of drug-likeness (QED) is 0.833. The molecule has 5 nitrogen and oxygen atoms in total. The van der Waals surface area contributed by atoms with E-state index in [2.05, 4.69) is 10.3 Å². The molecule has 5 heteroatoms. The number of nitrogens with one attached hydrogen (secondary N) is 2. The average Bonchev–Trinajstić information content (AvgIpc) is 2.80. The molecule has 1 aromatic carbocycles. The van der Waals surface area contributed by atoms with Crippen LogP contribution in [0, 0.1) is 0 Å². The summed E-state index contributed by atoms with van der Waals surface area (Å²) in [6, 6.07) is 7.66. The Labute approximate surface area is 130 Å². The predicted molar refractivity (Wildman–Crippen MR) is 85.8 cm³/mol. The van der Waals surface area contributed by atoms with Crippen LogP contribution in [-0.2, 0) is 16.0 Å². The highest BCUT2D eigenvalue weighted by Gasteiger charge is 2.20. The van der Waals surface area contributed by atoms with Gasteiger partial charge in [-0.2, -0.15) is 0 Å². The van der Waals surface area contributed by atoms with Crippen LogP contribution in [0.4, 0.5) is 4.79 Å². The number of rotatable bonds is 5. The number of aromatic nitrogens is 1. The molecule has 22 heavy (non-hydrogen) atoms. The summed E-state index contributed by atoms with van der Waals surface area (Å²) in [7, 11) is 0. The van der Waals surface area contributed by atoms with E-state index < -0.39 is 11.7 Å². The third-order valence-electron chi connectivity index (χ3n) is 3.24. The zero-order chi connectivity index (χ0) is 16.2. The van der Waals surface area contributed by atoms with Crippen LogP contribution in [0.1, 0.15) is 32.8 Å². The molecule has 0 fully saturated rings. The molecule has 0 aliphatic carbocycles. The van der Waals surface area contributed by atoms with Crippen LogP contribution in [0.3, 0.4) is 0 Å². The first-order chi connectivity index (χ1) is 10.4. The number of benzene rings is 1. The summed E-state index contributed by atoms with van der Waals surface area (Å²) in [5.41, 5.74) is 1.55. The minimum absolute atomic E-state index is 0.249. The molecule has 0 saturated heterocycles. The van der Waals surface area contributed by atoms with E-state index in [0.29, 0.717) is 6.42 Å². The van der Waals surface area contributed by atoms with Crippen molar-refractivity contribution < 1.29 is 14.3 Å². The van der Waals surface area contributed by atoms with Crippen LogP contribution >= 0.6 is 0 Å². The van der Waals surface area contributed by atoms with E-state index in [1.54, 1.807) is 20.8 Å². The topological polar surface area (TPSA) is 71.2 Å². The van der Waals surface area contributed by atoms with Crippen LogP contribution < -0.4 is 5.32 Å². The van der Waals surface area contributed by atoms with E-state index in [1.807, 2.05) is 30.5 Å². The highest BCUT2D eigenvalue weighted by Crippen LogP contribution is 2.19.